The van der Waals surface area contributed by atoms with Gasteiger partial charge in [0.15, 0.2) is 0 Å². The lowest BCUT2D eigenvalue weighted by atomic mass is 10.1. The average Bonchev–Trinajstić information content (AvgIpc) is 2.76. The van der Waals surface area contributed by atoms with Crippen LogP contribution >= 0.6 is 23.1 Å². The van der Waals surface area contributed by atoms with Crippen molar-refractivity contribution in [2.75, 3.05) is 18.8 Å². The van der Waals surface area contributed by atoms with E-state index in [0.717, 1.165) is 28.9 Å². The third-order valence-electron chi connectivity index (χ3n) is 2.85. The maximum atomic E-state index is 11.9. The molecule has 1 fully saturated rings. The van der Waals surface area contributed by atoms with E-state index in [1.54, 1.807) is 23.1 Å². The highest BCUT2D eigenvalue weighted by Gasteiger charge is 2.15. The minimum atomic E-state index is 0.311. The van der Waals surface area contributed by atoms with E-state index in [0.29, 0.717) is 12.3 Å². The summed E-state index contributed by atoms with van der Waals surface area (Å²) in [6, 6.07) is 0. The molecular weight excluding hydrogens is 252 g/mol. The number of carbonyl (C=O) groups is 1. The number of aryl methyl sites for hydroxylation is 1. The van der Waals surface area contributed by atoms with Crippen molar-refractivity contribution in [1.29, 1.82) is 0 Å². The predicted octanol–water partition coefficient (Wildman–Crippen LogP) is 2.95. The SMILES string of the molecule is Cc1csc(SCCC(=O)N2CCCCC2)n1. The quantitative estimate of drug-likeness (QED) is 0.789. The molecule has 1 aromatic rings. The lowest BCUT2D eigenvalue weighted by Crippen LogP contribution is -2.35. The Kier molecular flexibility index (Phi) is 4.86. The number of thioether (sulfide) groups is 1. The Labute approximate surface area is 111 Å². The van der Waals surface area contributed by atoms with Crippen LogP contribution in [0.1, 0.15) is 31.4 Å². The summed E-state index contributed by atoms with van der Waals surface area (Å²) < 4.78 is 1.08. The van der Waals surface area contributed by atoms with E-state index in [2.05, 4.69) is 10.4 Å². The van der Waals surface area contributed by atoms with E-state index in [-0.39, 0.29) is 0 Å². The molecule has 0 N–H and O–H groups in total. The molecule has 0 atom stereocenters. The van der Waals surface area contributed by atoms with Gasteiger partial charge in [-0.2, -0.15) is 0 Å². The maximum absolute atomic E-state index is 11.9. The van der Waals surface area contributed by atoms with Crippen molar-refractivity contribution in [3.63, 3.8) is 0 Å². The molecule has 94 valence electrons. The third-order valence-corrected chi connectivity index (χ3v) is 4.99. The molecular formula is C12H18N2OS2. The standard InChI is InChI=1S/C12H18N2OS2/c1-10-9-17-12(13-10)16-8-5-11(15)14-6-3-2-4-7-14/h9H,2-8H2,1H3. The summed E-state index contributed by atoms with van der Waals surface area (Å²) in [5, 5.41) is 2.05. The molecule has 1 aliphatic rings. The highest BCUT2D eigenvalue weighted by molar-refractivity contribution is 8.01. The van der Waals surface area contributed by atoms with E-state index in [1.807, 2.05) is 11.8 Å². The minimum absolute atomic E-state index is 0.311. The molecule has 1 saturated heterocycles. The normalized spacial score (nSPS) is 16.2. The Morgan fingerprint density at radius 1 is 1.47 bits per heavy atom. The van der Waals surface area contributed by atoms with Gasteiger partial charge in [-0.05, 0) is 26.2 Å². The second-order valence-electron chi connectivity index (χ2n) is 4.29. The predicted molar refractivity (Wildman–Crippen MR) is 72.6 cm³/mol. The van der Waals surface area contributed by atoms with Crippen molar-refractivity contribution in [3.05, 3.63) is 11.1 Å². The van der Waals surface area contributed by atoms with Gasteiger partial charge in [-0.1, -0.05) is 11.8 Å². The molecule has 1 aromatic heterocycles. The maximum Gasteiger partial charge on any atom is 0.223 e. The average molecular weight is 270 g/mol. The van der Waals surface area contributed by atoms with Crippen molar-refractivity contribution in [1.82, 2.24) is 9.88 Å². The number of aromatic nitrogens is 1. The van der Waals surface area contributed by atoms with E-state index >= 15 is 0 Å². The number of hydrogen-bond acceptors (Lipinski definition) is 4. The van der Waals surface area contributed by atoms with Gasteiger partial charge in [0.05, 0.1) is 0 Å². The van der Waals surface area contributed by atoms with Gasteiger partial charge in [-0.15, -0.1) is 11.3 Å². The number of amides is 1. The van der Waals surface area contributed by atoms with Gasteiger partial charge in [-0.25, -0.2) is 4.98 Å². The Morgan fingerprint density at radius 2 is 2.24 bits per heavy atom. The Bertz CT molecular complexity index is 372. The van der Waals surface area contributed by atoms with Crippen molar-refractivity contribution >= 4 is 29.0 Å². The molecule has 0 spiro atoms. The molecule has 1 amide bonds. The number of hydrogen-bond donors (Lipinski definition) is 0. The zero-order valence-electron chi connectivity index (χ0n) is 10.1. The molecule has 0 radical (unpaired) electrons. The number of thiazole rings is 1. The van der Waals surface area contributed by atoms with Gasteiger partial charge < -0.3 is 4.90 Å². The zero-order valence-corrected chi connectivity index (χ0v) is 11.8. The van der Waals surface area contributed by atoms with E-state index in [1.165, 1.54) is 19.3 Å². The smallest absolute Gasteiger partial charge is 0.223 e. The number of carbonyl (C=O) groups excluding carboxylic acids is 1. The van der Waals surface area contributed by atoms with Crippen LogP contribution in [0.5, 0.6) is 0 Å². The summed E-state index contributed by atoms with van der Waals surface area (Å²) in [5.41, 5.74) is 1.07. The molecule has 2 rings (SSSR count). The highest BCUT2D eigenvalue weighted by atomic mass is 32.2. The summed E-state index contributed by atoms with van der Waals surface area (Å²) >= 11 is 3.36. The topological polar surface area (TPSA) is 33.2 Å². The first-order valence-corrected chi connectivity index (χ1v) is 7.95. The first kappa shape index (κ1) is 12.9. The summed E-state index contributed by atoms with van der Waals surface area (Å²) in [5.74, 6) is 1.16. The Hall–Kier alpha value is -0.550. The van der Waals surface area contributed by atoms with E-state index in [9.17, 15) is 4.79 Å². The van der Waals surface area contributed by atoms with Gasteiger partial charge in [0.2, 0.25) is 5.91 Å². The molecule has 2 heterocycles. The van der Waals surface area contributed by atoms with Crippen molar-refractivity contribution in [2.45, 2.75) is 36.9 Å². The second-order valence-corrected chi connectivity index (χ2v) is 6.49. The fourth-order valence-electron chi connectivity index (χ4n) is 1.93. The number of piperidine rings is 1. The largest absolute Gasteiger partial charge is 0.343 e. The monoisotopic (exact) mass is 270 g/mol. The van der Waals surface area contributed by atoms with Crippen LogP contribution in [-0.2, 0) is 4.79 Å². The van der Waals surface area contributed by atoms with Crippen LogP contribution in [0.4, 0.5) is 0 Å². The first-order chi connectivity index (χ1) is 8.25. The van der Waals surface area contributed by atoms with E-state index in [4.69, 9.17) is 0 Å². The van der Waals surface area contributed by atoms with Crippen molar-refractivity contribution < 1.29 is 4.79 Å². The molecule has 17 heavy (non-hydrogen) atoms. The Balaban J connectivity index is 1.69. The summed E-state index contributed by atoms with van der Waals surface area (Å²) in [4.78, 5) is 18.3. The third kappa shape index (κ3) is 4.00. The fraction of sp³-hybridized carbons (Fsp3) is 0.667. The summed E-state index contributed by atoms with van der Waals surface area (Å²) in [6.45, 7) is 3.92. The fourth-order valence-corrected chi connectivity index (χ4v) is 3.77. The molecule has 0 aromatic carbocycles. The number of likely N-dealkylation sites (tertiary alicyclic amines) is 1. The van der Waals surface area contributed by atoms with E-state index < -0.39 is 0 Å². The van der Waals surface area contributed by atoms with Crippen LogP contribution in [0, 0.1) is 6.92 Å². The molecule has 0 bridgehead atoms. The van der Waals surface area contributed by atoms with Gasteiger partial charge >= 0.3 is 0 Å². The molecule has 0 unspecified atom stereocenters. The van der Waals surface area contributed by atoms with Gasteiger partial charge in [-0.3, -0.25) is 4.79 Å². The van der Waals surface area contributed by atoms with Crippen LogP contribution in [0.3, 0.4) is 0 Å². The zero-order chi connectivity index (χ0) is 12.1. The van der Waals surface area contributed by atoms with Gasteiger partial charge in [0, 0.05) is 36.3 Å². The van der Waals surface area contributed by atoms with Crippen LogP contribution in [0.2, 0.25) is 0 Å². The molecule has 0 saturated carbocycles. The lowest BCUT2D eigenvalue weighted by Gasteiger charge is -2.26. The van der Waals surface area contributed by atoms with Gasteiger partial charge in [0.1, 0.15) is 4.34 Å². The van der Waals surface area contributed by atoms with Crippen LogP contribution in [0.15, 0.2) is 9.72 Å². The molecule has 3 nitrogen and oxygen atoms in total. The molecule has 1 aliphatic heterocycles. The first-order valence-electron chi connectivity index (χ1n) is 6.08. The van der Waals surface area contributed by atoms with Crippen molar-refractivity contribution in [2.24, 2.45) is 0 Å². The molecule has 5 heteroatoms. The second kappa shape index (κ2) is 6.40. The lowest BCUT2D eigenvalue weighted by molar-refractivity contribution is -0.131. The highest BCUT2D eigenvalue weighted by Crippen LogP contribution is 2.23. The summed E-state index contributed by atoms with van der Waals surface area (Å²) in [6.07, 6.45) is 4.26. The Morgan fingerprint density at radius 3 is 2.88 bits per heavy atom. The van der Waals surface area contributed by atoms with Crippen LogP contribution < -0.4 is 0 Å². The number of nitrogens with zero attached hydrogens (tertiary/aromatic N) is 2. The van der Waals surface area contributed by atoms with Crippen LogP contribution in [0.25, 0.3) is 0 Å². The van der Waals surface area contributed by atoms with Gasteiger partial charge in [0.25, 0.3) is 0 Å². The van der Waals surface area contributed by atoms with Crippen LogP contribution in [-0.4, -0.2) is 34.6 Å². The molecule has 0 aliphatic carbocycles. The minimum Gasteiger partial charge on any atom is -0.343 e. The summed E-state index contributed by atoms with van der Waals surface area (Å²) in [7, 11) is 0. The number of rotatable bonds is 4. The van der Waals surface area contributed by atoms with Crippen molar-refractivity contribution in [3.8, 4) is 0 Å².